The molecule has 0 saturated heterocycles. The molecule has 2 aromatic heterocycles. The van der Waals surface area contributed by atoms with Crippen LogP contribution < -0.4 is 0 Å². The van der Waals surface area contributed by atoms with Crippen LogP contribution >= 0.6 is 0 Å². The fraction of sp³-hybridized carbons (Fsp3) is 0.667. The highest BCUT2D eigenvalue weighted by atomic mass is 16.2. The van der Waals surface area contributed by atoms with E-state index in [4.69, 9.17) is 9.97 Å². The average molecular weight is 354 g/mol. The molecule has 2 aromatic rings. The van der Waals surface area contributed by atoms with Crippen LogP contribution in [-0.4, -0.2) is 38.4 Å². The van der Waals surface area contributed by atoms with E-state index in [9.17, 15) is 4.79 Å². The number of nitrogens with zero attached hydrogens (tertiary/aromatic N) is 4. The molecule has 1 amide bonds. The summed E-state index contributed by atoms with van der Waals surface area (Å²) in [5, 5.41) is 0. The van der Waals surface area contributed by atoms with Gasteiger partial charge in [-0.2, -0.15) is 0 Å². The molecule has 0 atom stereocenters. The number of pyridine rings is 1. The minimum Gasteiger partial charge on any atom is -0.339 e. The van der Waals surface area contributed by atoms with Gasteiger partial charge in [0.2, 0.25) is 0 Å². The molecule has 0 unspecified atom stereocenters. The number of rotatable bonds is 6. The minimum atomic E-state index is 0.128. The summed E-state index contributed by atoms with van der Waals surface area (Å²) in [4.78, 5) is 25.2. The Hall–Kier alpha value is -1.91. The SMILES string of the molecule is CCCCN(CC)C(=O)c1cc(C2CC2)nc2c1nc1n2CCCCC1. The molecule has 5 heteroatoms. The van der Waals surface area contributed by atoms with Crippen LogP contribution in [0.3, 0.4) is 0 Å². The number of fused-ring (bicyclic) bond motifs is 3. The molecule has 0 N–H and O–H groups in total. The second-order valence-electron chi connectivity index (χ2n) is 7.77. The summed E-state index contributed by atoms with van der Waals surface area (Å²) in [6.45, 7) is 6.78. The highest BCUT2D eigenvalue weighted by Gasteiger charge is 2.30. The molecular formula is C21H30N4O. The Morgan fingerprint density at radius 1 is 1.23 bits per heavy atom. The maximum atomic E-state index is 13.3. The second-order valence-corrected chi connectivity index (χ2v) is 7.77. The van der Waals surface area contributed by atoms with Gasteiger partial charge in [-0.25, -0.2) is 9.97 Å². The Labute approximate surface area is 155 Å². The smallest absolute Gasteiger partial charge is 0.256 e. The first-order chi connectivity index (χ1) is 12.7. The van der Waals surface area contributed by atoms with E-state index in [0.29, 0.717) is 5.92 Å². The number of unbranched alkanes of at least 4 members (excludes halogenated alkanes) is 1. The summed E-state index contributed by atoms with van der Waals surface area (Å²) in [6.07, 6.45) is 9.13. The molecule has 1 aliphatic heterocycles. The number of hydrogen-bond donors (Lipinski definition) is 0. The van der Waals surface area contributed by atoms with E-state index < -0.39 is 0 Å². The van der Waals surface area contributed by atoms with Crippen molar-refractivity contribution in [2.75, 3.05) is 13.1 Å². The zero-order valence-corrected chi connectivity index (χ0v) is 16.1. The first-order valence-corrected chi connectivity index (χ1v) is 10.4. The molecular weight excluding hydrogens is 324 g/mol. The number of carbonyl (C=O) groups is 1. The summed E-state index contributed by atoms with van der Waals surface area (Å²) in [5.41, 5.74) is 3.64. The maximum absolute atomic E-state index is 13.3. The molecule has 26 heavy (non-hydrogen) atoms. The van der Waals surface area contributed by atoms with E-state index in [1.54, 1.807) is 0 Å². The molecule has 1 aliphatic carbocycles. The Bertz CT molecular complexity index is 806. The third-order valence-electron chi connectivity index (χ3n) is 5.76. The summed E-state index contributed by atoms with van der Waals surface area (Å²) >= 11 is 0. The Balaban J connectivity index is 1.80. The largest absolute Gasteiger partial charge is 0.339 e. The normalized spacial score (nSPS) is 17.2. The molecule has 4 rings (SSSR count). The van der Waals surface area contributed by atoms with Gasteiger partial charge in [-0.1, -0.05) is 19.8 Å². The molecule has 1 saturated carbocycles. The third kappa shape index (κ3) is 3.24. The van der Waals surface area contributed by atoms with Crippen molar-refractivity contribution in [2.45, 2.75) is 77.7 Å². The molecule has 1 fully saturated rings. The average Bonchev–Trinajstić information content (AvgIpc) is 3.47. The molecule has 0 radical (unpaired) electrons. The first-order valence-electron chi connectivity index (χ1n) is 10.4. The summed E-state index contributed by atoms with van der Waals surface area (Å²) < 4.78 is 2.29. The molecule has 0 aromatic carbocycles. The van der Waals surface area contributed by atoms with Crippen LogP contribution in [0.5, 0.6) is 0 Å². The molecule has 140 valence electrons. The zero-order chi connectivity index (χ0) is 18.1. The fourth-order valence-corrected chi connectivity index (χ4v) is 3.98. The van der Waals surface area contributed by atoms with Crippen LogP contribution in [0.4, 0.5) is 0 Å². The van der Waals surface area contributed by atoms with Crippen LogP contribution in [0.1, 0.15) is 86.6 Å². The van der Waals surface area contributed by atoms with Crippen LogP contribution in [-0.2, 0) is 13.0 Å². The minimum absolute atomic E-state index is 0.128. The van der Waals surface area contributed by atoms with Crippen LogP contribution in [0.2, 0.25) is 0 Å². The van der Waals surface area contributed by atoms with Gasteiger partial charge in [0.15, 0.2) is 5.65 Å². The first kappa shape index (κ1) is 17.5. The van der Waals surface area contributed by atoms with Gasteiger partial charge in [-0.05, 0) is 45.1 Å². The van der Waals surface area contributed by atoms with Gasteiger partial charge in [0.05, 0.1) is 5.56 Å². The van der Waals surface area contributed by atoms with E-state index >= 15 is 0 Å². The van der Waals surface area contributed by atoms with Crippen LogP contribution in [0, 0.1) is 0 Å². The lowest BCUT2D eigenvalue weighted by atomic mass is 10.1. The van der Waals surface area contributed by atoms with Crippen molar-refractivity contribution < 1.29 is 4.79 Å². The van der Waals surface area contributed by atoms with Crippen molar-refractivity contribution >= 4 is 17.1 Å². The van der Waals surface area contributed by atoms with Gasteiger partial charge in [-0.3, -0.25) is 4.79 Å². The Morgan fingerprint density at radius 2 is 2.08 bits per heavy atom. The number of aryl methyl sites for hydroxylation is 2. The lowest BCUT2D eigenvalue weighted by Crippen LogP contribution is -2.32. The molecule has 5 nitrogen and oxygen atoms in total. The summed E-state index contributed by atoms with van der Waals surface area (Å²) in [5.74, 6) is 1.78. The second kappa shape index (κ2) is 7.37. The van der Waals surface area contributed by atoms with E-state index in [0.717, 1.165) is 67.1 Å². The Kier molecular flexibility index (Phi) is 4.96. The van der Waals surface area contributed by atoms with E-state index in [1.807, 2.05) is 11.0 Å². The number of hydrogen-bond acceptors (Lipinski definition) is 3. The van der Waals surface area contributed by atoms with Crippen molar-refractivity contribution in [1.82, 2.24) is 19.4 Å². The standard InChI is InChI=1S/C21H30N4O/c1-3-5-12-24(4-2)21(26)16-14-17(15-10-11-15)22-20-19(16)23-18-9-7-6-8-13-25(18)20/h14-15H,3-13H2,1-2H3. The molecule has 0 spiro atoms. The van der Waals surface area contributed by atoms with E-state index in [2.05, 4.69) is 18.4 Å². The van der Waals surface area contributed by atoms with Crippen LogP contribution in [0.15, 0.2) is 6.07 Å². The molecule has 0 bridgehead atoms. The molecule has 3 heterocycles. The predicted molar refractivity (Wildman–Crippen MR) is 104 cm³/mol. The fourth-order valence-electron chi connectivity index (χ4n) is 3.98. The summed E-state index contributed by atoms with van der Waals surface area (Å²) in [6, 6.07) is 2.05. The monoisotopic (exact) mass is 354 g/mol. The zero-order valence-electron chi connectivity index (χ0n) is 16.1. The Morgan fingerprint density at radius 3 is 2.81 bits per heavy atom. The van der Waals surface area contributed by atoms with E-state index in [1.165, 1.54) is 32.1 Å². The van der Waals surface area contributed by atoms with Crippen molar-refractivity contribution in [2.24, 2.45) is 0 Å². The number of aromatic nitrogens is 3. The quantitative estimate of drug-likeness (QED) is 0.777. The van der Waals surface area contributed by atoms with Crippen molar-refractivity contribution in [3.05, 3.63) is 23.1 Å². The highest BCUT2D eigenvalue weighted by molar-refractivity contribution is 6.04. The lowest BCUT2D eigenvalue weighted by molar-refractivity contribution is 0.0764. The number of imidazole rings is 1. The van der Waals surface area contributed by atoms with Gasteiger partial charge >= 0.3 is 0 Å². The van der Waals surface area contributed by atoms with Gasteiger partial charge < -0.3 is 9.47 Å². The third-order valence-corrected chi connectivity index (χ3v) is 5.76. The molecule has 2 aliphatic rings. The van der Waals surface area contributed by atoms with Gasteiger partial charge in [0.25, 0.3) is 5.91 Å². The number of amides is 1. The highest BCUT2D eigenvalue weighted by Crippen LogP contribution is 2.40. The lowest BCUT2D eigenvalue weighted by Gasteiger charge is -2.21. The maximum Gasteiger partial charge on any atom is 0.256 e. The van der Waals surface area contributed by atoms with E-state index in [-0.39, 0.29) is 5.91 Å². The predicted octanol–water partition coefficient (Wildman–Crippen LogP) is 4.30. The van der Waals surface area contributed by atoms with Crippen LogP contribution in [0.25, 0.3) is 11.2 Å². The van der Waals surface area contributed by atoms with Crippen molar-refractivity contribution in [1.29, 1.82) is 0 Å². The number of carbonyl (C=O) groups excluding carboxylic acids is 1. The van der Waals surface area contributed by atoms with Gasteiger partial charge in [0, 0.05) is 37.7 Å². The summed E-state index contributed by atoms with van der Waals surface area (Å²) in [7, 11) is 0. The topological polar surface area (TPSA) is 51.0 Å². The van der Waals surface area contributed by atoms with Gasteiger partial charge in [-0.15, -0.1) is 0 Å². The van der Waals surface area contributed by atoms with Crippen molar-refractivity contribution in [3.8, 4) is 0 Å². The van der Waals surface area contributed by atoms with Crippen molar-refractivity contribution in [3.63, 3.8) is 0 Å². The van der Waals surface area contributed by atoms with Gasteiger partial charge in [0.1, 0.15) is 11.3 Å².